The normalized spacial score (nSPS) is 10.2. The summed E-state index contributed by atoms with van der Waals surface area (Å²) in [5, 5.41) is 11.7. The van der Waals surface area contributed by atoms with E-state index in [1.54, 1.807) is 7.11 Å². The number of benzene rings is 1. The molecule has 2 N–H and O–H groups in total. The van der Waals surface area contributed by atoms with Gasteiger partial charge in [0.2, 0.25) is 0 Å². The molecule has 1 aromatic carbocycles. The van der Waals surface area contributed by atoms with Gasteiger partial charge in [0.25, 0.3) is 0 Å². The van der Waals surface area contributed by atoms with Crippen LogP contribution in [-0.4, -0.2) is 25.4 Å². The van der Waals surface area contributed by atoms with Crippen molar-refractivity contribution in [3.63, 3.8) is 0 Å². The molecule has 0 heterocycles. The lowest BCUT2D eigenvalue weighted by Gasteiger charge is -2.07. The zero-order valence-corrected chi connectivity index (χ0v) is 8.71. The second kappa shape index (κ2) is 5.62. The summed E-state index contributed by atoms with van der Waals surface area (Å²) >= 11 is 0. The van der Waals surface area contributed by atoms with E-state index in [2.05, 4.69) is 11.4 Å². The molecule has 0 bridgehead atoms. The van der Waals surface area contributed by atoms with Gasteiger partial charge in [-0.2, -0.15) is 0 Å². The molecule has 3 nitrogen and oxygen atoms in total. The van der Waals surface area contributed by atoms with E-state index >= 15 is 0 Å². The van der Waals surface area contributed by atoms with E-state index < -0.39 is 0 Å². The van der Waals surface area contributed by atoms with Gasteiger partial charge in [-0.15, -0.1) is 0 Å². The van der Waals surface area contributed by atoms with Crippen molar-refractivity contribution in [3.05, 3.63) is 29.3 Å². The van der Waals surface area contributed by atoms with Gasteiger partial charge in [0, 0.05) is 13.1 Å². The number of methoxy groups -OCH3 is 1. The first-order chi connectivity index (χ1) is 6.77. The molecule has 78 valence electrons. The van der Waals surface area contributed by atoms with E-state index in [1.807, 2.05) is 19.1 Å². The quantitative estimate of drug-likeness (QED) is 0.691. The Bertz CT molecular complexity index is 287. The highest BCUT2D eigenvalue weighted by molar-refractivity contribution is 5.36. The van der Waals surface area contributed by atoms with Gasteiger partial charge in [0.15, 0.2) is 0 Å². The number of aryl methyl sites for hydroxylation is 1. The first-order valence-corrected chi connectivity index (χ1v) is 4.73. The SMILES string of the molecule is COc1ccc(CNCCO)cc1C. The lowest BCUT2D eigenvalue weighted by atomic mass is 10.1. The van der Waals surface area contributed by atoms with Crippen molar-refractivity contribution in [2.24, 2.45) is 0 Å². The fourth-order valence-electron chi connectivity index (χ4n) is 1.36. The molecule has 0 aliphatic heterocycles. The molecule has 0 aromatic heterocycles. The fraction of sp³-hybridized carbons (Fsp3) is 0.455. The number of ether oxygens (including phenoxy) is 1. The Labute approximate surface area is 84.7 Å². The Kier molecular flexibility index (Phi) is 4.43. The highest BCUT2D eigenvalue weighted by Crippen LogP contribution is 2.18. The van der Waals surface area contributed by atoms with Gasteiger partial charge in [0.05, 0.1) is 13.7 Å². The van der Waals surface area contributed by atoms with Crippen LogP contribution in [0.3, 0.4) is 0 Å². The predicted molar refractivity (Wildman–Crippen MR) is 56.5 cm³/mol. The second-order valence-corrected chi connectivity index (χ2v) is 3.20. The summed E-state index contributed by atoms with van der Waals surface area (Å²) in [4.78, 5) is 0. The summed E-state index contributed by atoms with van der Waals surface area (Å²) in [6, 6.07) is 6.07. The largest absolute Gasteiger partial charge is 0.496 e. The number of aliphatic hydroxyl groups excluding tert-OH is 1. The monoisotopic (exact) mass is 195 g/mol. The van der Waals surface area contributed by atoms with Crippen molar-refractivity contribution in [1.29, 1.82) is 0 Å². The van der Waals surface area contributed by atoms with E-state index in [1.165, 1.54) is 5.56 Å². The zero-order chi connectivity index (χ0) is 10.4. The summed E-state index contributed by atoms with van der Waals surface area (Å²) in [7, 11) is 1.67. The van der Waals surface area contributed by atoms with Crippen molar-refractivity contribution in [3.8, 4) is 5.75 Å². The number of rotatable bonds is 5. The molecule has 1 rings (SSSR count). The van der Waals surface area contributed by atoms with E-state index in [-0.39, 0.29) is 6.61 Å². The molecule has 0 spiro atoms. The highest BCUT2D eigenvalue weighted by Gasteiger charge is 1.98. The fourth-order valence-corrected chi connectivity index (χ4v) is 1.36. The average molecular weight is 195 g/mol. The second-order valence-electron chi connectivity index (χ2n) is 3.20. The molecule has 3 heteroatoms. The Morgan fingerprint density at radius 3 is 2.79 bits per heavy atom. The third-order valence-corrected chi connectivity index (χ3v) is 2.08. The van der Waals surface area contributed by atoms with Crippen LogP contribution in [0.1, 0.15) is 11.1 Å². The van der Waals surface area contributed by atoms with Gasteiger partial charge < -0.3 is 15.2 Å². The highest BCUT2D eigenvalue weighted by atomic mass is 16.5. The zero-order valence-electron chi connectivity index (χ0n) is 8.71. The van der Waals surface area contributed by atoms with Crippen LogP contribution in [0.4, 0.5) is 0 Å². The van der Waals surface area contributed by atoms with E-state index in [9.17, 15) is 0 Å². The molecule has 0 fully saturated rings. The molecule has 0 aliphatic carbocycles. The molecular formula is C11H17NO2. The summed E-state index contributed by atoms with van der Waals surface area (Å²) in [6.45, 7) is 3.61. The maximum absolute atomic E-state index is 8.60. The maximum Gasteiger partial charge on any atom is 0.121 e. The van der Waals surface area contributed by atoms with Crippen molar-refractivity contribution >= 4 is 0 Å². The van der Waals surface area contributed by atoms with Crippen LogP contribution in [0.15, 0.2) is 18.2 Å². The van der Waals surface area contributed by atoms with Gasteiger partial charge in [-0.05, 0) is 24.1 Å². The van der Waals surface area contributed by atoms with Crippen molar-refractivity contribution in [2.45, 2.75) is 13.5 Å². The van der Waals surface area contributed by atoms with Gasteiger partial charge in [-0.25, -0.2) is 0 Å². The third kappa shape index (κ3) is 3.01. The summed E-state index contributed by atoms with van der Waals surface area (Å²) < 4.78 is 5.17. The van der Waals surface area contributed by atoms with Crippen LogP contribution in [0.5, 0.6) is 5.75 Å². The van der Waals surface area contributed by atoms with E-state index in [0.717, 1.165) is 17.9 Å². The minimum atomic E-state index is 0.176. The summed E-state index contributed by atoms with van der Waals surface area (Å²) in [5.41, 5.74) is 2.34. The first kappa shape index (κ1) is 11.0. The van der Waals surface area contributed by atoms with Crippen molar-refractivity contribution < 1.29 is 9.84 Å². The first-order valence-electron chi connectivity index (χ1n) is 4.73. The predicted octanol–water partition coefficient (Wildman–Crippen LogP) is 1.09. The molecule has 0 amide bonds. The maximum atomic E-state index is 8.60. The Morgan fingerprint density at radius 2 is 2.21 bits per heavy atom. The average Bonchev–Trinajstić information content (AvgIpc) is 2.18. The lowest BCUT2D eigenvalue weighted by Crippen LogP contribution is -2.17. The molecule has 0 saturated carbocycles. The minimum absolute atomic E-state index is 0.176. The van der Waals surface area contributed by atoms with Crippen molar-refractivity contribution in [1.82, 2.24) is 5.32 Å². The molecule has 14 heavy (non-hydrogen) atoms. The number of hydrogen-bond donors (Lipinski definition) is 2. The van der Waals surface area contributed by atoms with Crippen LogP contribution in [0, 0.1) is 6.92 Å². The third-order valence-electron chi connectivity index (χ3n) is 2.08. The number of nitrogens with one attached hydrogen (secondary N) is 1. The topological polar surface area (TPSA) is 41.5 Å². The Morgan fingerprint density at radius 1 is 1.43 bits per heavy atom. The molecule has 1 aromatic rings. The lowest BCUT2D eigenvalue weighted by molar-refractivity contribution is 0.292. The van der Waals surface area contributed by atoms with Crippen molar-refractivity contribution in [2.75, 3.05) is 20.3 Å². The summed E-state index contributed by atoms with van der Waals surface area (Å²) in [5.74, 6) is 0.913. The number of hydrogen-bond acceptors (Lipinski definition) is 3. The van der Waals surface area contributed by atoms with Gasteiger partial charge >= 0.3 is 0 Å². The Hall–Kier alpha value is -1.06. The van der Waals surface area contributed by atoms with Crippen LogP contribution < -0.4 is 10.1 Å². The van der Waals surface area contributed by atoms with Crippen LogP contribution >= 0.6 is 0 Å². The molecule has 0 atom stereocenters. The molecule has 0 radical (unpaired) electrons. The minimum Gasteiger partial charge on any atom is -0.496 e. The van der Waals surface area contributed by atoms with Gasteiger partial charge in [-0.1, -0.05) is 12.1 Å². The summed E-state index contributed by atoms with van der Waals surface area (Å²) in [6.07, 6.45) is 0. The molecule has 0 saturated heterocycles. The van der Waals surface area contributed by atoms with Gasteiger partial charge in [0.1, 0.15) is 5.75 Å². The van der Waals surface area contributed by atoms with Crippen LogP contribution in [0.2, 0.25) is 0 Å². The molecule has 0 unspecified atom stereocenters. The number of aliphatic hydroxyl groups is 1. The Balaban J connectivity index is 2.57. The smallest absolute Gasteiger partial charge is 0.121 e. The van der Waals surface area contributed by atoms with E-state index in [0.29, 0.717) is 6.54 Å². The van der Waals surface area contributed by atoms with Crippen LogP contribution in [0.25, 0.3) is 0 Å². The molecular weight excluding hydrogens is 178 g/mol. The van der Waals surface area contributed by atoms with E-state index in [4.69, 9.17) is 9.84 Å². The molecule has 0 aliphatic rings. The van der Waals surface area contributed by atoms with Crippen LogP contribution in [-0.2, 0) is 6.54 Å². The standard InChI is InChI=1S/C11H17NO2/c1-9-7-10(8-12-5-6-13)3-4-11(9)14-2/h3-4,7,12-13H,5-6,8H2,1-2H3. The van der Waals surface area contributed by atoms with Gasteiger partial charge in [-0.3, -0.25) is 0 Å².